The molecule has 0 atom stereocenters. The molecule has 3 nitrogen and oxygen atoms in total. The third kappa shape index (κ3) is 29.4. The largest absolute Gasteiger partial charge is 0.343 e. The Hall–Kier alpha value is -1.04. The van der Waals surface area contributed by atoms with E-state index in [2.05, 4.69) is 13.8 Å². The summed E-state index contributed by atoms with van der Waals surface area (Å²) in [4.78, 5) is 12.7. The molecule has 0 bridgehead atoms. The van der Waals surface area contributed by atoms with Crippen molar-refractivity contribution in [2.45, 2.75) is 75.7 Å². The van der Waals surface area contributed by atoms with Crippen LogP contribution in [0.1, 0.15) is 75.7 Å². The van der Waals surface area contributed by atoms with Gasteiger partial charge < -0.3 is 4.90 Å². The molecule has 112 valence electrons. The van der Waals surface area contributed by atoms with Crippen molar-refractivity contribution in [1.29, 1.82) is 5.26 Å². The Bertz CT molecular complexity index is 170. The van der Waals surface area contributed by atoms with Crippen molar-refractivity contribution < 1.29 is 4.79 Å². The zero-order chi connectivity index (χ0) is 13.4. The maximum absolute atomic E-state index is 10.9. The number of hydrogen-bond acceptors (Lipinski definition) is 2. The molecule has 0 aliphatic rings. The maximum atomic E-state index is 10.9. The normalized spacial score (nSPS) is 6.72. The van der Waals surface area contributed by atoms with Crippen molar-refractivity contribution in [3.63, 3.8) is 0 Å². The van der Waals surface area contributed by atoms with Gasteiger partial charge in [0.2, 0.25) is 5.91 Å². The molecule has 1 amide bonds. The number of amides is 1. The Labute approximate surface area is 116 Å². The molecule has 0 aromatic rings. The van der Waals surface area contributed by atoms with Gasteiger partial charge in [-0.1, -0.05) is 49.0 Å². The Morgan fingerprint density at radius 2 is 1.28 bits per heavy atom. The van der Waals surface area contributed by atoms with E-state index in [0.717, 1.165) is 13.1 Å². The van der Waals surface area contributed by atoms with Gasteiger partial charge in [0, 0.05) is 25.9 Å². The third-order valence-electron chi connectivity index (χ3n) is 1.58. The first-order valence-electron chi connectivity index (χ1n) is 6.23. The molecule has 0 rings (SSSR count). The first-order valence-corrected chi connectivity index (χ1v) is 6.23. The van der Waals surface area contributed by atoms with Crippen LogP contribution in [0.2, 0.25) is 0 Å². The highest BCUT2D eigenvalue weighted by molar-refractivity contribution is 5.75. The summed E-state index contributed by atoms with van der Waals surface area (Å²) in [5.41, 5.74) is 0. The molecule has 3 heteroatoms. The lowest BCUT2D eigenvalue weighted by Gasteiger charge is -2.16. The number of hydrogen-bond donors (Lipinski definition) is 0. The fourth-order valence-corrected chi connectivity index (χ4v) is 0.800. The molecule has 0 aromatic carbocycles. The van der Waals surface area contributed by atoms with Gasteiger partial charge in [0.15, 0.2) is 0 Å². The van der Waals surface area contributed by atoms with Crippen molar-refractivity contribution in [2.24, 2.45) is 0 Å². The molecule has 0 spiro atoms. The van der Waals surface area contributed by atoms with Crippen molar-refractivity contribution in [1.82, 2.24) is 4.90 Å². The van der Waals surface area contributed by atoms with Crippen LogP contribution >= 0.6 is 0 Å². The molecule has 0 saturated carbocycles. The van der Waals surface area contributed by atoms with Gasteiger partial charge in [0.05, 0.1) is 6.07 Å². The molecular formula is C15H36N2O. The lowest BCUT2D eigenvalue weighted by molar-refractivity contribution is -0.130. The van der Waals surface area contributed by atoms with Gasteiger partial charge in [-0.15, -0.1) is 0 Å². The van der Waals surface area contributed by atoms with Crippen LogP contribution in [0.15, 0.2) is 0 Å². The van der Waals surface area contributed by atoms with Crippen molar-refractivity contribution in [3.05, 3.63) is 0 Å². The molecule has 0 aliphatic heterocycles. The highest BCUT2D eigenvalue weighted by Crippen LogP contribution is 1.91. The van der Waals surface area contributed by atoms with E-state index in [1.165, 1.54) is 6.42 Å². The molecule has 0 heterocycles. The summed E-state index contributed by atoms with van der Waals surface area (Å²) in [6.07, 6.45) is 2.50. The van der Waals surface area contributed by atoms with Crippen LogP contribution in [0.3, 0.4) is 0 Å². The SMILES string of the molecule is C.C.CCC.CCC#N.CCC(=O)N(CC)CC. The quantitative estimate of drug-likeness (QED) is 0.726. The smallest absolute Gasteiger partial charge is 0.222 e. The average Bonchev–Trinajstić information content (AvgIpc) is 2.31. The minimum Gasteiger partial charge on any atom is -0.343 e. The predicted octanol–water partition coefficient (Wildman–Crippen LogP) is 4.87. The lowest BCUT2D eigenvalue weighted by atomic mass is 10.4. The zero-order valence-electron chi connectivity index (χ0n) is 11.8. The van der Waals surface area contributed by atoms with E-state index in [9.17, 15) is 4.79 Å². The van der Waals surface area contributed by atoms with Crippen LogP contribution in [0.4, 0.5) is 0 Å². The second-order valence-corrected chi connectivity index (χ2v) is 3.14. The Balaban J connectivity index is -0.0000000536. The summed E-state index contributed by atoms with van der Waals surface area (Å²) >= 11 is 0. The summed E-state index contributed by atoms with van der Waals surface area (Å²) in [5.74, 6) is 0.250. The fraction of sp³-hybridized carbons (Fsp3) is 0.867. The molecule has 0 saturated heterocycles. The lowest BCUT2D eigenvalue weighted by Crippen LogP contribution is -2.29. The van der Waals surface area contributed by atoms with Gasteiger partial charge >= 0.3 is 0 Å². The number of nitriles is 1. The number of carbonyl (C=O) groups excluding carboxylic acids is 1. The van der Waals surface area contributed by atoms with Crippen molar-refractivity contribution in [2.75, 3.05) is 13.1 Å². The van der Waals surface area contributed by atoms with Crippen LogP contribution < -0.4 is 0 Å². The topological polar surface area (TPSA) is 44.1 Å². The molecule has 18 heavy (non-hydrogen) atoms. The first kappa shape index (κ1) is 30.2. The van der Waals surface area contributed by atoms with Gasteiger partial charge in [0.25, 0.3) is 0 Å². The molecular weight excluding hydrogens is 224 g/mol. The summed E-state index contributed by atoms with van der Waals surface area (Å²) < 4.78 is 0. The van der Waals surface area contributed by atoms with Crippen LogP contribution in [0, 0.1) is 11.3 Å². The summed E-state index contributed by atoms with van der Waals surface area (Å²) in [7, 11) is 0. The summed E-state index contributed by atoms with van der Waals surface area (Å²) in [5, 5.41) is 7.62. The van der Waals surface area contributed by atoms with Gasteiger partial charge in [-0.05, 0) is 13.8 Å². The van der Waals surface area contributed by atoms with Crippen molar-refractivity contribution >= 4 is 5.91 Å². The van der Waals surface area contributed by atoms with E-state index in [4.69, 9.17) is 5.26 Å². The maximum Gasteiger partial charge on any atom is 0.222 e. The summed E-state index contributed by atoms with van der Waals surface area (Å²) in [6, 6.07) is 1.93. The predicted molar refractivity (Wildman–Crippen MR) is 83.6 cm³/mol. The fourth-order valence-electron chi connectivity index (χ4n) is 0.800. The minimum absolute atomic E-state index is 0. The van der Waals surface area contributed by atoms with E-state index < -0.39 is 0 Å². The van der Waals surface area contributed by atoms with Crippen LogP contribution in [-0.4, -0.2) is 23.9 Å². The molecule has 0 unspecified atom stereocenters. The van der Waals surface area contributed by atoms with Gasteiger partial charge in [-0.3, -0.25) is 4.79 Å². The molecule has 0 aromatic heterocycles. The standard InChI is InChI=1S/C7H15NO.C3H5N.C3H8.2CH4/c1-4-7(9)8(5-2)6-3;1-2-3-4;1-3-2;;/h4-6H2,1-3H3;2H2,1H3;3H2,1-2H3;2*1H4. The zero-order valence-corrected chi connectivity index (χ0v) is 11.8. The van der Waals surface area contributed by atoms with E-state index in [1.807, 2.05) is 38.7 Å². The second-order valence-electron chi connectivity index (χ2n) is 3.14. The second kappa shape index (κ2) is 29.7. The van der Waals surface area contributed by atoms with Crippen LogP contribution in [0.5, 0.6) is 0 Å². The monoisotopic (exact) mass is 260 g/mol. The highest BCUT2D eigenvalue weighted by Gasteiger charge is 2.03. The van der Waals surface area contributed by atoms with Crippen molar-refractivity contribution in [3.8, 4) is 6.07 Å². The van der Waals surface area contributed by atoms with Crippen LogP contribution in [-0.2, 0) is 4.79 Å². The Kier molecular flexibility index (Phi) is 49.9. The Morgan fingerprint density at radius 3 is 1.33 bits per heavy atom. The van der Waals surface area contributed by atoms with E-state index >= 15 is 0 Å². The minimum atomic E-state index is 0. The van der Waals surface area contributed by atoms with E-state index in [1.54, 1.807) is 0 Å². The molecule has 0 N–H and O–H groups in total. The molecule has 0 fully saturated rings. The highest BCUT2D eigenvalue weighted by atomic mass is 16.2. The Morgan fingerprint density at radius 1 is 1.00 bits per heavy atom. The van der Waals surface area contributed by atoms with Gasteiger partial charge in [-0.25, -0.2) is 0 Å². The number of rotatable bonds is 3. The first-order chi connectivity index (χ1) is 7.59. The number of carbonyl (C=O) groups is 1. The molecule has 0 radical (unpaired) electrons. The van der Waals surface area contributed by atoms with Gasteiger partial charge in [0.1, 0.15) is 0 Å². The average molecular weight is 260 g/mol. The van der Waals surface area contributed by atoms with Gasteiger partial charge in [-0.2, -0.15) is 5.26 Å². The van der Waals surface area contributed by atoms with Crippen LogP contribution in [0.25, 0.3) is 0 Å². The van der Waals surface area contributed by atoms with E-state index in [-0.39, 0.29) is 20.8 Å². The third-order valence-corrected chi connectivity index (χ3v) is 1.58. The van der Waals surface area contributed by atoms with E-state index in [0.29, 0.717) is 12.8 Å². The molecule has 0 aliphatic carbocycles. The number of nitrogens with zero attached hydrogens (tertiary/aromatic N) is 2. The summed E-state index contributed by atoms with van der Waals surface area (Å²) in [6.45, 7) is 13.6.